The quantitative estimate of drug-likeness (QED) is 0.380. The fourth-order valence-corrected chi connectivity index (χ4v) is 5.91. The van der Waals surface area contributed by atoms with Crippen LogP contribution >= 0.6 is 12.4 Å². The molecule has 1 spiro atoms. The Hall–Kier alpha value is -3.06. The molecule has 14 heteroatoms. The molecule has 0 unspecified atom stereocenters. The Balaban J connectivity index is 0.00000484. The second kappa shape index (κ2) is 11.9. The summed E-state index contributed by atoms with van der Waals surface area (Å²) in [5.74, 6) is -0.971. The second-order valence-electron chi connectivity index (χ2n) is 11.0. The molecule has 42 heavy (non-hydrogen) atoms. The topological polar surface area (TPSA) is 78.7 Å². The van der Waals surface area contributed by atoms with Gasteiger partial charge in [-0.2, -0.15) is 26.3 Å². The molecule has 2 heterocycles. The highest BCUT2D eigenvalue weighted by molar-refractivity contribution is 5.85. The number of nitrogens with one attached hydrogen (secondary N) is 1. The summed E-state index contributed by atoms with van der Waals surface area (Å²) in [4.78, 5) is 28.3. The Labute approximate surface area is 244 Å². The lowest BCUT2D eigenvalue weighted by Gasteiger charge is -2.47. The van der Waals surface area contributed by atoms with Crippen LogP contribution in [0.3, 0.4) is 0 Å². The van der Waals surface area contributed by atoms with E-state index in [1.54, 1.807) is 13.0 Å². The zero-order valence-electron chi connectivity index (χ0n) is 23.1. The summed E-state index contributed by atoms with van der Waals surface area (Å²) in [6, 6.07) is 2.49. The first-order valence-corrected chi connectivity index (χ1v) is 13.1. The lowest BCUT2D eigenvalue weighted by Crippen LogP contribution is -2.57. The van der Waals surface area contributed by atoms with Crippen LogP contribution in [0.4, 0.5) is 35.5 Å². The highest BCUT2D eigenvalue weighted by Gasteiger charge is 2.48. The van der Waals surface area contributed by atoms with Crippen molar-refractivity contribution < 1.29 is 40.3 Å². The van der Waals surface area contributed by atoms with Crippen LogP contribution in [0.15, 0.2) is 36.4 Å². The van der Waals surface area contributed by atoms with Crippen molar-refractivity contribution in [3.8, 4) is 0 Å². The van der Waals surface area contributed by atoms with Gasteiger partial charge in [-0.1, -0.05) is 6.07 Å². The average Bonchev–Trinajstić information content (AvgIpc) is 3.29. The molecule has 6 nitrogen and oxygen atoms in total. The van der Waals surface area contributed by atoms with E-state index in [-0.39, 0.29) is 30.6 Å². The molecular weight excluding hydrogens is 593 g/mol. The number of piperidine rings is 1. The Kier molecular flexibility index (Phi) is 9.48. The standard InChI is InChI=1S/C28H31F7N4O2.ClH/c1-15-10-20(29)4-5-21(15)23-14-26(7-6-22(37-26)24(36)40)8-9-39(23)25(41)38(3)16(2)17-11-18(27(30,31)32)13-19(12-17)28(33,34)35;/h4-5,10-13,16,22-23,37H,6-9,14H2,1-3H3,(H2,36,40);1H/t16-,22-,23+,26-;/m0./s1. The van der Waals surface area contributed by atoms with Crippen LogP contribution in [0.2, 0.25) is 0 Å². The van der Waals surface area contributed by atoms with Gasteiger partial charge in [-0.05, 0) is 86.6 Å². The van der Waals surface area contributed by atoms with Gasteiger partial charge in [0.05, 0.1) is 29.3 Å². The SMILES string of the molecule is Cc1cc(F)ccc1[C@H]1C[C@]2(CC[C@@H](C(N)=O)N2)CCN1C(=O)N(C)[C@@H](C)c1cc(C(F)(F)F)cc(C(F)(F)F)c1.Cl. The van der Waals surface area contributed by atoms with Gasteiger partial charge in [0.2, 0.25) is 5.91 Å². The first kappa shape index (κ1) is 33.4. The van der Waals surface area contributed by atoms with Crippen molar-refractivity contribution in [2.24, 2.45) is 5.73 Å². The third kappa shape index (κ3) is 6.77. The first-order valence-electron chi connectivity index (χ1n) is 13.1. The van der Waals surface area contributed by atoms with Crippen molar-refractivity contribution in [1.82, 2.24) is 15.1 Å². The van der Waals surface area contributed by atoms with E-state index in [1.807, 2.05) is 0 Å². The maximum atomic E-state index is 13.9. The van der Waals surface area contributed by atoms with E-state index in [9.17, 15) is 40.3 Å². The number of nitrogens with two attached hydrogens (primary N) is 1. The third-order valence-corrected chi connectivity index (χ3v) is 8.34. The lowest BCUT2D eigenvalue weighted by atomic mass is 9.79. The minimum Gasteiger partial charge on any atom is -0.368 e. The summed E-state index contributed by atoms with van der Waals surface area (Å²) in [7, 11) is 1.32. The predicted molar refractivity (Wildman–Crippen MR) is 143 cm³/mol. The molecule has 0 radical (unpaired) electrons. The number of hydrogen-bond acceptors (Lipinski definition) is 3. The van der Waals surface area contributed by atoms with Crippen molar-refractivity contribution in [1.29, 1.82) is 0 Å². The summed E-state index contributed by atoms with van der Waals surface area (Å²) < 4.78 is 94.7. The number of urea groups is 1. The maximum Gasteiger partial charge on any atom is 0.416 e. The molecule has 2 saturated heterocycles. The third-order valence-electron chi connectivity index (χ3n) is 8.34. The molecule has 2 aliphatic heterocycles. The molecule has 2 aromatic carbocycles. The number of amides is 3. The fraction of sp³-hybridized carbons (Fsp3) is 0.500. The Morgan fingerprint density at radius 1 is 1.05 bits per heavy atom. The van der Waals surface area contributed by atoms with Gasteiger partial charge < -0.3 is 20.9 Å². The largest absolute Gasteiger partial charge is 0.416 e. The van der Waals surface area contributed by atoms with Crippen molar-refractivity contribution in [2.45, 2.75) is 75.5 Å². The van der Waals surface area contributed by atoms with Crippen LogP contribution in [0.25, 0.3) is 0 Å². The first-order chi connectivity index (χ1) is 18.9. The van der Waals surface area contributed by atoms with E-state index in [4.69, 9.17) is 5.73 Å². The zero-order valence-corrected chi connectivity index (χ0v) is 23.9. The molecule has 0 bridgehead atoms. The molecule has 2 fully saturated rings. The number of primary amides is 1. The smallest absolute Gasteiger partial charge is 0.368 e. The fourth-order valence-electron chi connectivity index (χ4n) is 5.91. The normalized spacial score (nSPS) is 23.4. The Bertz CT molecular complexity index is 1300. The van der Waals surface area contributed by atoms with Crippen LogP contribution in [-0.4, -0.2) is 46.9 Å². The van der Waals surface area contributed by atoms with Crippen molar-refractivity contribution in [3.63, 3.8) is 0 Å². The molecule has 3 N–H and O–H groups in total. The van der Waals surface area contributed by atoms with Gasteiger partial charge in [-0.25, -0.2) is 9.18 Å². The molecule has 232 valence electrons. The van der Waals surface area contributed by atoms with Crippen LogP contribution in [0.5, 0.6) is 0 Å². The monoisotopic (exact) mass is 624 g/mol. The highest BCUT2D eigenvalue weighted by atomic mass is 35.5. The average molecular weight is 625 g/mol. The van der Waals surface area contributed by atoms with E-state index >= 15 is 0 Å². The van der Waals surface area contributed by atoms with Crippen LogP contribution in [0, 0.1) is 12.7 Å². The number of alkyl halides is 6. The summed E-state index contributed by atoms with van der Waals surface area (Å²) in [6.45, 7) is 3.21. The molecule has 2 aromatic rings. The number of carbonyl (C=O) groups is 2. The summed E-state index contributed by atoms with van der Waals surface area (Å²) in [6.07, 6.45) is -8.16. The van der Waals surface area contributed by atoms with Gasteiger partial charge in [-0.3, -0.25) is 4.79 Å². The zero-order chi connectivity index (χ0) is 30.5. The minimum atomic E-state index is -5.03. The van der Waals surface area contributed by atoms with Crippen molar-refractivity contribution in [2.75, 3.05) is 13.6 Å². The van der Waals surface area contributed by atoms with Crippen molar-refractivity contribution in [3.05, 3.63) is 70.0 Å². The Morgan fingerprint density at radius 3 is 2.14 bits per heavy atom. The van der Waals surface area contributed by atoms with E-state index in [0.29, 0.717) is 48.9 Å². The van der Waals surface area contributed by atoms with Gasteiger partial charge in [0.25, 0.3) is 0 Å². The summed E-state index contributed by atoms with van der Waals surface area (Å²) >= 11 is 0. The molecule has 0 saturated carbocycles. The summed E-state index contributed by atoms with van der Waals surface area (Å²) in [5.41, 5.74) is 2.91. The number of rotatable bonds is 4. The maximum absolute atomic E-state index is 13.9. The van der Waals surface area contributed by atoms with Crippen LogP contribution < -0.4 is 11.1 Å². The van der Waals surface area contributed by atoms with Gasteiger partial charge in [0.15, 0.2) is 0 Å². The number of carbonyl (C=O) groups excluding carboxylic acids is 2. The number of benzene rings is 2. The number of aryl methyl sites for hydroxylation is 1. The van der Waals surface area contributed by atoms with Crippen LogP contribution in [-0.2, 0) is 17.1 Å². The Morgan fingerprint density at radius 2 is 1.64 bits per heavy atom. The van der Waals surface area contributed by atoms with Crippen molar-refractivity contribution >= 4 is 24.3 Å². The van der Waals surface area contributed by atoms with Gasteiger partial charge in [0, 0.05) is 19.1 Å². The molecule has 3 amide bonds. The van der Waals surface area contributed by atoms with E-state index < -0.39 is 64.9 Å². The van der Waals surface area contributed by atoms with E-state index in [1.165, 1.54) is 31.0 Å². The van der Waals surface area contributed by atoms with Crippen LogP contribution in [0.1, 0.15) is 72.5 Å². The molecule has 0 aliphatic carbocycles. The van der Waals surface area contributed by atoms with Gasteiger partial charge in [0.1, 0.15) is 5.82 Å². The molecule has 4 rings (SSSR count). The number of halogens is 8. The number of likely N-dealkylation sites (tertiary alicyclic amines) is 1. The van der Waals surface area contributed by atoms with E-state index in [0.717, 1.165) is 4.90 Å². The predicted octanol–water partition coefficient (Wildman–Crippen LogP) is 6.52. The molecule has 2 aliphatic rings. The van der Waals surface area contributed by atoms with E-state index in [2.05, 4.69) is 5.32 Å². The molecule has 4 atom stereocenters. The molecule has 0 aromatic heterocycles. The van der Waals surface area contributed by atoms with Gasteiger partial charge in [-0.15, -0.1) is 12.4 Å². The number of hydrogen-bond donors (Lipinski definition) is 2. The van der Waals surface area contributed by atoms with Gasteiger partial charge >= 0.3 is 18.4 Å². The number of nitrogens with zero attached hydrogens (tertiary/aromatic N) is 2. The summed E-state index contributed by atoms with van der Waals surface area (Å²) in [5, 5.41) is 3.30. The second-order valence-corrected chi connectivity index (χ2v) is 11.0. The highest BCUT2D eigenvalue weighted by Crippen LogP contribution is 2.44. The minimum absolute atomic E-state index is 0. The lowest BCUT2D eigenvalue weighted by molar-refractivity contribution is -0.143. The molecular formula is C28H32ClF7N4O2.